The Morgan fingerprint density at radius 2 is 1.76 bits per heavy atom. The van der Waals surface area contributed by atoms with Crippen LogP contribution in [0.4, 0.5) is 0 Å². The lowest BCUT2D eigenvalue weighted by atomic mass is 10.2. The van der Waals surface area contributed by atoms with Gasteiger partial charge in [0.25, 0.3) is 0 Å². The third-order valence-electron chi connectivity index (χ3n) is 3.79. The van der Waals surface area contributed by atoms with Crippen LogP contribution in [0.2, 0.25) is 5.02 Å². The minimum absolute atomic E-state index is 0.0452. The van der Waals surface area contributed by atoms with E-state index in [-0.39, 0.29) is 12.0 Å². The molecule has 2 aromatic heterocycles. The molecule has 7 nitrogen and oxygen atoms in total. The fourth-order valence-electron chi connectivity index (χ4n) is 2.54. The van der Waals surface area contributed by atoms with Gasteiger partial charge in [-0.1, -0.05) is 35.9 Å². The predicted molar refractivity (Wildman–Crippen MR) is 92.2 cm³/mol. The van der Waals surface area contributed by atoms with Crippen LogP contribution in [0.1, 0.15) is 5.56 Å². The first-order valence-corrected chi connectivity index (χ1v) is 7.80. The monoisotopic (exact) mass is 354 g/mol. The molecule has 0 aliphatic carbocycles. The number of hydrogen-bond donors (Lipinski definition) is 0. The van der Waals surface area contributed by atoms with Gasteiger partial charge in [-0.05, 0) is 34.7 Å². The molecular formula is C17H11ClN4O3. The molecule has 0 N–H and O–H groups in total. The molecular weight excluding hydrogens is 344 g/mol. The molecule has 2 aromatic carbocycles. The Labute approximate surface area is 145 Å². The van der Waals surface area contributed by atoms with E-state index in [1.54, 1.807) is 48.5 Å². The zero-order valence-corrected chi connectivity index (χ0v) is 13.6. The Morgan fingerprint density at radius 1 is 1.00 bits per heavy atom. The molecule has 0 unspecified atom stereocenters. The fraction of sp³-hybridized carbons (Fsp3) is 0.0588. The van der Waals surface area contributed by atoms with Gasteiger partial charge in [-0.25, -0.2) is 4.79 Å². The number of tetrazole rings is 1. The summed E-state index contributed by atoms with van der Waals surface area (Å²) in [4.78, 5) is 25.0. The molecule has 0 bridgehead atoms. The number of benzene rings is 2. The zero-order chi connectivity index (χ0) is 17.4. The molecule has 4 aromatic rings. The fourth-order valence-corrected chi connectivity index (χ4v) is 2.75. The number of halogens is 1. The Kier molecular flexibility index (Phi) is 3.70. The lowest BCUT2D eigenvalue weighted by Crippen LogP contribution is -2.26. The maximum atomic E-state index is 12.5. The highest BCUT2D eigenvalue weighted by molar-refractivity contribution is 6.32. The first kappa shape index (κ1) is 15.3. The van der Waals surface area contributed by atoms with E-state index in [0.717, 1.165) is 9.36 Å². The van der Waals surface area contributed by atoms with E-state index in [9.17, 15) is 9.59 Å². The normalized spacial score (nSPS) is 11.1. The number of hydrogen-bond acceptors (Lipinski definition) is 5. The lowest BCUT2D eigenvalue weighted by molar-refractivity contribution is 0.568. The van der Waals surface area contributed by atoms with Crippen molar-refractivity contribution in [1.82, 2.24) is 19.8 Å². The van der Waals surface area contributed by atoms with E-state index in [0.29, 0.717) is 27.2 Å². The molecule has 124 valence electrons. The lowest BCUT2D eigenvalue weighted by Gasteiger charge is -2.02. The number of para-hydroxylation sites is 2. The van der Waals surface area contributed by atoms with Gasteiger partial charge in [0.05, 0.1) is 28.2 Å². The van der Waals surface area contributed by atoms with E-state index >= 15 is 0 Å². The molecule has 0 atom stereocenters. The van der Waals surface area contributed by atoms with Crippen molar-refractivity contribution in [1.29, 1.82) is 0 Å². The molecule has 0 saturated carbocycles. The van der Waals surface area contributed by atoms with Crippen molar-refractivity contribution in [2.45, 2.75) is 6.54 Å². The second-order valence-corrected chi connectivity index (χ2v) is 5.78. The molecule has 8 heteroatoms. The molecule has 0 aliphatic rings. The average Bonchev–Trinajstić information content (AvgIpc) is 2.99. The summed E-state index contributed by atoms with van der Waals surface area (Å²) in [5.41, 5.74) is 0.517. The van der Waals surface area contributed by atoms with Crippen molar-refractivity contribution in [2.24, 2.45) is 0 Å². The molecule has 0 radical (unpaired) electrons. The standard InChI is InChI=1S/C17H11ClN4O3/c18-13-6-2-3-7-14(13)22-17(24)21(19-20-22)9-11-10-25-15-8-4-1-5-12(15)16(11)23/h1-8,10H,9H2. The molecule has 4 rings (SSSR count). The van der Waals surface area contributed by atoms with Crippen LogP contribution in [-0.4, -0.2) is 19.8 Å². The number of aromatic nitrogens is 4. The molecule has 25 heavy (non-hydrogen) atoms. The van der Waals surface area contributed by atoms with Crippen molar-refractivity contribution in [3.63, 3.8) is 0 Å². The van der Waals surface area contributed by atoms with Gasteiger partial charge >= 0.3 is 5.69 Å². The highest BCUT2D eigenvalue weighted by Gasteiger charge is 2.14. The van der Waals surface area contributed by atoms with Gasteiger partial charge in [-0.2, -0.15) is 9.36 Å². The van der Waals surface area contributed by atoms with Gasteiger partial charge in [-0.15, -0.1) is 0 Å². The largest absolute Gasteiger partial charge is 0.464 e. The van der Waals surface area contributed by atoms with Crippen LogP contribution < -0.4 is 11.1 Å². The molecule has 2 heterocycles. The molecule has 0 aliphatic heterocycles. The molecule has 0 amide bonds. The second-order valence-electron chi connectivity index (χ2n) is 5.37. The molecule has 0 saturated heterocycles. The van der Waals surface area contributed by atoms with Crippen molar-refractivity contribution >= 4 is 22.6 Å². The van der Waals surface area contributed by atoms with Gasteiger partial charge in [0.2, 0.25) is 0 Å². The zero-order valence-electron chi connectivity index (χ0n) is 12.8. The maximum Gasteiger partial charge on any atom is 0.368 e. The third kappa shape index (κ3) is 2.64. The van der Waals surface area contributed by atoms with Crippen molar-refractivity contribution in [2.75, 3.05) is 0 Å². The maximum absolute atomic E-state index is 12.5. The summed E-state index contributed by atoms with van der Waals surface area (Å²) in [7, 11) is 0. The topological polar surface area (TPSA) is 82.9 Å². The minimum Gasteiger partial charge on any atom is -0.464 e. The summed E-state index contributed by atoms with van der Waals surface area (Å²) >= 11 is 6.09. The van der Waals surface area contributed by atoms with Crippen LogP contribution in [0.5, 0.6) is 0 Å². The van der Waals surface area contributed by atoms with Crippen LogP contribution in [0.3, 0.4) is 0 Å². The Morgan fingerprint density at radius 3 is 2.60 bits per heavy atom. The predicted octanol–water partition coefficient (Wildman–Crippen LogP) is 2.24. The number of rotatable bonds is 3. The Balaban J connectivity index is 1.76. The summed E-state index contributed by atoms with van der Waals surface area (Å²) in [6, 6.07) is 13.7. The summed E-state index contributed by atoms with van der Waals surface area (Å²) in [5.74, 6) is 0. The van der Waals surface area contributed by atoms with E-state index in [4.69, 9.17) is 16.0 Å². The summed E-state index contributed by atoms with van der Waals surface area (Å²) < 4.78 is 7.63. The SMILES string of the molecule is O=c1c(Cn2nnn(-c3ccccc3Cl)c2=O)coc2ccccc12. The van der Waals surface area contributed by atoms with Gasteiger partial charge in [0.1, 0.15) is 11.8 Å². The van der Waals surface area contributed by atoms with Crippen LogP contribution in [0.15, 0.2) is 68.8 Å². The minimum atomic E-state index is -0.499. The van der Waals surface area contributed by atoms with Gasteiger partial charge in [0, 0.05) is 0 Å². The number of fused-ring (bicyclic) bond motifs is 1. The summed E-state index contributed by atoms with van der Waals surface area (Å²) in [6.07, 6.45) is 1.34. The van der Waals surface area contributed by atoms with Crippen LogP contribution in [-0.2, 0) is 6.54 Å². The van der Waals surface area contributed by atoms with E-state index < -0.39 is 5.69 Å². The smallest absolute Gasteiger partial charge is 0.368 e. The molecule has 0 spiro atoms. The van der Waals surface area contributed by atoms with Crippen molar-refractivity contribution < 1.29 is 4.42 Å². The van der Waals surface area contributed by atoms with E-state index in [2.05, 4.69) is 10.4 Å². The molecule has 0 fully saturated rings. The highest BCUT2D eigenvalue weighted by atomic mass is 35.5. The van der Waals surface area contributed by atoms with Crippen LogP contribution in [0.25, 0.3) is 16.7 Å². The van der Waals surface area contributed by atoms with Crippen LogP contribution in [0, 0.1) is 0 Å². The second kappa shape index (κ2) is 6.03. The van der Waals surface area contributed by atoms with Gasteiger partial charge < -0.3 is 4.42 Å². The van der Waals surface area contributed by atoms with E-state index in [1.165, 1.54) is 6.26 Å². The van der Waals surface area contributed by atoms with Crippen LogP contribution >= 0.6 is 11.6 Å². The van der Waals surface area contributed by atoms with Crippen molar-refractivity contribution in [3.05, 3.63) is 86.1 Å². The van der Waals surface area contributed by atoms with Crippen molar-refractivity contribution in [3.8, 4) is 5.69 Å². The quantitative estimate of drug-likeness (QED) is 0.563. The third-order valence-corrected chi connectivity index (χ3v) is 4.11. The van der Waals surface area contributed by atoms with Gasteiger partial charge in [-0.3, -0.25) is 4.79 Å². The average molecular weight is 355 g/mol. The van der Waals surface area contributed by atoms with Gasteiger partial charge in [0.15, 0.2) is 5.43 Å². The highest BCUT2D eigenvalue weighted by Crippen LogP contribution is 2.17. The first-order chi connectivity index (χ1) is 12.1. The Bertz CT molecular complexity index is 1190. The first-order valence-electron chi connectivity index (χ1n) is 7.42. The number of nitrogens with zero attached hydrogens (tertiary/aromatic N) is 4. The summed E-state index contributed by atoms with van der Waals surface area (Å²) in [6.45, 7) is -0.0452. The van der Waals surface area contributed by atoms with E-state index in [1.807, 2.05) is 0 Å². The summed E-state index contributed by atoms with van der Waals surface area (Å²) in [5, 5.41) is 8.49. The Hall–Kier alpha value is -3.19.